The first-order valence-corrected chi connectivity index (χ1v) is 6.94. The summed E-state index contributed by atoms with van der Waals surface area (Å²) < 4.78 is 23.1. The van der Waals surface area contributed by atoms with Crippen LogP contribution in [0.15, 0.2) is 28.2 Å². The highest BCUT2D eigenvalue weighted by Gasteiger charge is 2.21. The normalized spacial score (nSPS) is 11.6. The lowest BCUT2D eigenvalue weighted by molar-refractivity contribution is 0.0824. The van der Waals surface area contributed by atoms with Crippen molar-refractivity contribution in [1.82, 2.24) is 4.90 Å². The minimum atomic E-state index is -4.00. The predicted molar refractivity (Wildman–Crippen MR) is 73.6 cm³/mol. The van der Waals surface area contributed by atoms with E-state index in [-0.39, 0.29) is 10.5 Å². The summed E-state index contributed by atoms with van der Waals surface area (Å²) in [7, 11) is -0.938. The molecule has 0 aliphatic heterocycles. The van der Waals surface area contributed by atoms with Crippen molar-refractivity contribution >= 4 is 27.8 Å². The Morgan fingerprint density at radius 1 is 1.42 bits per heavy atom. The minimum Gasteiger partial charge on any atom is -0.345 e. The molecule has 19 heavy (non-hydrogen) atoms. The largest absolute Gasteiger partial charge is 0.345 e. The Balaban J connectivity index is 3.37. The summed E-state index contributed by atoms with van der Waals surface area (Å²) in [5, 5.41) is 8.90. The molecular formula is C11H16N4O3S. The van der Waals surface area contributed by atoms with E-state index in [2.05, 4.69) is 10.5 Å². The van der Waals surface area contributed by atoms with Crippen molar-refractivity contribution in [2.45, 2.75) is 11.8 Å². The molecule has 8 heteroatoms. The second-order valence-electron chi connectivity index (χ2n) is 3.95. The molecule has 0 atom stereocenters. The third-order valence-electron chi connectivity index (χ3n) is 2.25. The van der Waals surface area contributed by atoms with Crippen molar-refractivity contribution in [3.05, 3.63) is 23.8 Å². The topological polar surface area (TPSA) is 105 Å². The zero-order valence-corrected chi connectivity index (χ0v) is 11.7. The number of hydrogen-bond donors (Lipinski definition) is 2. The van der Waals surface area contributed by atoms with Crippen molar-refractivity contribution in [2.24, 2.45) is 10.2 Å². The number of carbonyl (C=O) groups is 1. The van der Waals surface area contributed by atoms with Gasteiger partial charge in [0.1, 0.15) is 0 Å². The van der Waals surface area contributed by atoms with E-state index in [1.807, 2.05) is 0 Å². The zero-order chi connectivity index (χ0) is 14.6. The average molecular weight is 284 g/mol. The Morgan fingerprint density at radius 2 is 2.05 bits per heavy atom. The van der Waals surface area contributed by atoms with Crippen LogP contribution in [0.3, 0.4) is 0 Å². The SMILES string of the molecule is CC=NNc1ccc(C(=O)N(C)C)c(S(N)(=O)=O)c1. The number of anilines is 1. The van der Waals surface area contributed by atoms with Crippen LogP contribution in [-0.2, 0) is 10.0 Å². The van der Waals surface area contributed by atoms with E-state index in [4.69, 9.17) is 5.14 Å². The molecule has 0 aliphatic carbocycles. The van der Waals surface area contributed by atoms with Crippen LogP contribution in [0, 0.1) is 0 Å². The maximum Gasteiger partial charge on any atom is 0.254 e. The number of hydrogen-bond acceptors (Lipinski definition) is 5. The lowest BCUT2D eigenvalue weighted by atomic mass is 10.2. The van der Waals surface area contributed by atoms with E-state index in [1.54, 1.807) is 13.0 Å². The number of benzene rings is 1. The second-order valence-corrected chi connectivity index (χ2v) is 5.48. The highest BCUT2D eigenvalue weighted by Crippen LogP contribution is 2.20. The molecule has 0 heterocycles. The number of hydrazone groups is 1. The second kappa shape index (κ2) is 5.81. The van der Waals surface area contributed by atoms with E-state index >= 15 is 0 Å². The number of amides is 1. The van der Waals surface area contributed by atoms with Crippen molar-refractivity contribution < 1.29 is 13.2 Å². The third kappa shape index (κ3) is 3.76. The van der Waals surface area contributed by atoms with E-state index in [0.717, 1.165) is 0 Å². The molecular weight excluding hydrogens is 268 g/mol. The number of carbonyl (C=O) groups excluding carboxylic acids is 1. The van der Waals surface area contributed by atoms with E-state index in [0.29, 0.717) is 5.69 Å². The maximum atomic E-state index is 11.9. The van der Waals surface area contributed by atoms with Gasteiger partial charge in [-0.25, -0.2) is 13.6 Å². The van der Waals surface area contributed by atoms with Crippen molar-refractivity contribution in [2.75, 3.05) is 19.5 Å². The molecule has 0 radical (unpaired) electrons. The summed E-state index contributed by atoms with van der Waals surface area (Å²) in [6, 6.07) is 4.23. The highest BCUT2D eigenvalue weighted by molar-refractivity contribution is 7.89. The fourth-order valence-corrected chi connectivity index (χ4v) is 2.14. The van der Waals surface area contributed by atoms with E-state index in [9.17, 15) is 13.2 Å². The molecule has 3 N–H and O–H groups in total. The highest BCUT2D eigenvalue weighted by atomic mass is 32.2. The van der Waals surface area contributed by atoms with E-state index < -0.39 is 15.9 Å². The van der Waals surface area contributed by atoms with Gasteiger partial charge in [-0.05, 0) is 25.1 Å². The first-order valence-electron chi connectivity index (χ1n) is 5.39. The fraction of sp³-hybridized carbons (Fsp3) is 0.273. The summed E-state index contributed by atoms with van der Waals surface area (Å²) in [5.74, 6) is -0.436. The molecule has 1 rings (SSSR count). The first-order chi connectivity index (χ1) is 8.77. The van der Waals surface area contributed by atoms with Crippen LogP contribution < -0.4 is 10.6 Å². The Labute approximate surface area is 112 Å². The molecule has 0 fully saturated rings. The molecule has 7 nitrogen and oxygen atoms in total. The molecule has 0 aromatic heterocycles. The van der Waals surface area contributed by atoms with Gasteiger partial charge in [-0.2, -0.15) is 5.10 Å². The molecule has 0 spiro atoms. The Morgan fingerprint density at radius 3 is 2.53 bits per heavy atom. The molecule has 0 saturated carbocycles. The van der Waals surface area contributed by atoms with Gasteiger partial charge in [-0.3, -0.25) is 10.2 Å². The molecule has 1 aromatic carbocycles. The number of sulfonamides is 1. The summed E-state index contributed by atoms with van der Waals surface area (Å²) in [6.45, 7) is 1.71. The fourth-order valence-electron chi connectivity index (χ4n) is 1.38. The Hall–Kier alpha value is -1.93. The standard InChI is InChI=1S/C11H16N4O3S/c1-4-13-14-8-5-6-9(11(16)15(2)3)10(7-8)19(12,17)18/h4-7,14H,1-3H3,(H2,12,17,18). The lowest BCUT2D eigenvalue weighted by Crippen LogP contribution is -2.25. The molecule has 1 amide bonds. The van der Waals surface area contributed by atoms with E-state index in [1.165, 1.54) is 37.3 Å². The van der Waals surface area contributed by atoms with Gasteiger partial charge in [0.15, 0.2) is 0 Å². The van der Waals surface area contributed by atoms with Gasteiger partial charge in [0.2, 0.25) is 10.0 Å². The third-order valence-corrected chi connectivity index (χ3v) is 3.20. The Bertz CT molecular complexity index is 608. The summed E-state index contributed by atoms with van der Waals surface area (Å²) in [6.07, 6.45) is 1.51. The average Bonchev–Trinajstić information content (AvgIpc) is 2.34. The van der Waals surface area contributed by atoms with Gasteiger partial charge in [0, 0.05) is 20.3 Å². The lowest BCUT2D eigenvalue weighted by Gasteiger charge is -2.14. The smallest absolute Gasteiger partial charge is 0.254 e. The number of primary sulfonamides is 1. The van der Waals surface area contributed by atoms with Gasteiger partial charge in [-0.15, -0.1) is 0 Å². The predicted octanol–water partition coefficient (Wildman–Crippen LogP) is 0.453. The summed E-state index contributed by atoms with van der Waals surface area (Å²) in [4.78, 5) is 12.9. The van der Waals surface area contributed by atoms with Crippen LogP contribution >= 0.6 is 0 Å². The molecule has 0 bridgehead atoms. The quantitative estimate of drug-likeness (QED) is 0.618. The first kappa shape index (κ1) is 15.1. The maximum absolute atomic E-state index is 11.9. The molecule has 0 aliphatic rings. The van der Waals surface area contributed by atoms with Crippen LogP contribution in [0.2, 0.25) is 0 Å². The van der Waals surface area contributed by atoms with Crippen LogP contribution in [0.4, 0.5) is 5.69 Å². The van der Waals surface area contributed by atoms with Gasteiger partial charge >= 0.3 is 0 Å². The molecule has 0 unspecified atom stereocenters. The molecule has 1 aromatic rings. The van der Waals surface area contributed by atoms with Gasteiger partial charge in [0.25, 0.3) is 5.91 Å². The molecule has 104 valence electrons. The van der Waals surface area contributed by atoms with Crippen molar-refractivity contribution in [1.29, 1.82) is 0 Å². The van der Waals surface area contributed by atoms with Gasteiger partial charge in [-0.1, -0.05) is 0 Å². The summed E-state index contributed by atoms with van der Waals surface area (Å²) in [5.41, 5.74) is 3.08. The number of nitrogens with two attached hydrogens (primary N) is 1. The van der Waals surface area contributed by atoms with Crippen molar-refractivity contribution in [3.63, 3.8) is 0 Å². The summed E-state index contributed by atoms with van der Waals surface area (Å²) >= 11 is 0. The molecule has 0 saturated heterocycles. The zero-order valence-electron chi connectivity index (χ0n) is 10.9. The monoisotopic (exact) mass is 284 g/mol. The number of nitrogens with zero attached hydrogens (tertiary/aromatic N) is 2. The number of rotatable bonds is 4. The van der Waals surface area contributed by atoms with Crippen LogP contribution in [0.25, 0.3) is 0 Å². The Kier molecular flexibility index (Phi) is 4.62. The van der Waals surface area contributed by atoms with Crippen LogP contribution in [0.1, 0.15) is 17.3 Å². The van der Waals surface area contributed by atoms with Gasteiger partial charge in [0.05, 0.1) is 16.1 Å². The van der Waals surface area contributed by atoms with Crippen LogP contribution in [-0.4, -0.2) is 39.5 Å². The minimum absolute atomic E-state index is 0.0264. The van der Waals surface area contributed by atoms with Crippen molar-refractivity contribution in [3.8, 4) is 0 Å². The van der Waals surface area contributed by atoms with Gasteiger partial charge < -0.3 is 4.90 Å². The van der Waals surface area contributed by atoms with Crippen LogP contribution in [0.5, 0.6) is 0 Å². The number of nitrogens with one attached hydrogen (secondary N) is 1.